The Balaban J connectivity index is 2.29. The SMILES string of the molecule is CCCCOC(C(=O)O)c1c(C)cc2cc(C)ccc2c1-c1ccc(Cl)cc1. The summed E-state index contributed by atoms with van der Waals surface area (Å²) < 4.78 is 5.84. The highest BCUT2D eigenvalue weighted by atomic mass is 35.5. The first-order chi connectivity index (χ1) is 13.4. The van der Waals surface area contributed by atoms with E-state index in [1.54, 1.807) is 0 Å². The molecule has 0 aliphatic heterocycles. The normalized spacial score (nSPS) is 12.3. The third-order valence-electron chi connectivity index (χ3n) is 4.94. The van der Waals surface area contributed by atoms with E-state index < -0.39 is 12.1 Å². The predicted molar refractivity (Wildman–Crippen MR) is 115 cm³/mol. The molecule has 0 heterocycles. The Morgan fingerprint density at radius 3 is 2.46 bits per heavy atom. The molecule has 1 N–H and O–H groups in total. The van der Waals surface area contributed by atoms with Crippen molar-refractivity contribution >= 4 is 28.3 Å². The topological polar surface area (TPSA) is 46.5 Å². The van der Waals surface area contributed by atoms with Gasteiger partial charge in [-0.3, -0.25) is 0 Å². The van der Waals surface area contributed by atoms with Crippen LogP contribution in [0.5, 0.6) is 0 Å². The molecular weight excluding hydrogens is 372 g/mol. The Kier molecular flexibility index (Phi) is 6.38. The second kappa shape index (κ2) is 8.76. The average molecular weight is 397 g/mol. The van der Waals surface area contributed by atoms with Crippen LogP contribution in [0, 0.1) is 13.8 Å². The first kappa shape index (κ1) is 20.4. The molecule has 0 fully saturated rings. The summed E-state index contributed by atoms with van der Waals surface area (Å²) in [4.78, 5) is 12.1. The summed E-state index contributed by atoms with van der Waals surface area (Å²) >= 11 is 6.09. The molecular formula is C24H25ClO3. The summed E-state index contributed by atoms with van der Waals surface area (Å²) in [7, 11) is 0. The number of aryl methyl sites for hydroxylation is 2. The van der Waals surface area contributed by atoms with Crippen LogP contribution in [0.15, 0.2) is 48.5 Å². The lowest BCUT2D eigenvalue weighted by Crippen LogP contribution is -2.18. The van der Waals surface area contributed by atoms with Crippen molar-refractivity contribution in [2.24, 2.45) is 0 Å². The van der Waals surface area contributed by atoms with Crippen molar-refractivity contribution in [3.63, 3.8) is 0 Å². The van der Waals surface area contributed by atoms with Gasteiger partial charge in [0.25, 0.3) is 0 Å². The molecule has 0 saturated heterocycles. The zero-order valence-electron chi connectivity index (χ0n) is 16.5. The smallest absolute Gasteiger partial charge is 0.337 e. The highest BCUT2D eigenvalue weighted by molar-refractivity contribution is 6.30. The minimum absolute atomic E-state index is 0.416. The van der Waals surface area contributed by atoms with Gasteiger partial charge in [0.05, 0.1) is 0 Å². The van der Waals surface area contributed by atoms with Gasteiger partial charge in [-0.05, 0) is 59.9 Å². The maximum atomic E-state index is 12.1. The Labute approximate surface area is 170 Å². The van der Waals surface area contributed by atoms with Gasteiger partial charge in [0.15, 0.2) is 6.10 Å². The maximum Gasteiger partial charge on any atom is 0.337 e. The van der Waals surface area contributed by atoms with Crippen molar-refractivity contribution < 1.29 is 14.6 Å². The molecule has 1 unspecified atom stereocenters. The number of unbranched alkanes of at least 4 members (excludes halogenated alkanes) is 1. The van der Waals surface area contributed by atoms with Crippen molar-refractivity contribution in [1.82, 2.24) is 0 Å². The molecule has 0 aliphatic rings. The van der Waals surface area contributed by atoms with Gasteiger partial charge >= 0.3 is 5.97 Å². The van der Waals surface area contributed by atoms with Crippen LogP contribution >= 0.6 is 11.6 Å². The summed E-state index contributed by atoms with van der Waals surface area (Å²) in [5.41, 5.74) is 4.61. The van der Waals surface area contributed by atoms with Crippen molar-refractivity contribution in [2.75, 3.05) is 6.61 Å². The van der Waals surface area contributed by atoms with Gasteiger partial charge in [-0.15, -0.1) is 0 Å². The van der Waals surface area contributed by atoms with Crippen molar-refractivity contribution in [3.8, 4) is 11.1 Å². The van der Waals surface area contributed by atoms with E-state index in [1.165, 1.54) is 0 Å². The molecule has 0 radical (unpaired) electrons. The van der Waals surface area contributed by atoms with Crippen LogP contribution in [-0.2, 0) is 9.53 Å². The van der Waals surface area contributed by atoms with Crippen molar-refractivity contribution in [1.29, 1.82) is 0 Å². The van der Waals surface area contributed by atoms with Gasteiger partial charge in [0.1, 0.15) is 0 Å². The summed E-state index contributed by atoms with van der Waals surface area (Å²) in [5.74, 6) is -0.971. The van der Waals surface area contributed by atoms with Crippen LogP contribution in [0.3, 0.4) is 0 Å². The highest BCUT2D eigenvalue weighted by Crippen LogP contribution is 2.39. The quantitative estimate of drug-likeness (QED) is 0.451. The fourth-order valence-corrected chi connectivity index (χ4v) is 3.70. The molecule has 3 aromatic rings. The zero-order valence-corrected chi connectivity index (χ0v) is 17.2. The lowest BCUT2D eigenvalue weighted by atomic mass is 9.87. The number of hydrogen-bond acceptors (Lipinski definition) is 2. The number of aliphatic carboxylic acids is 1. The number of fused-ring (bicyclic) bond motifs is 1. The molecule has 0 saturated carbocycles. The van der Waals surface area contributed by atoms with Crippen LogP contribution < -0.4 is 0 Å². The summed E-state index contributed by atoms with van der Waals surface area (Å²) in [6.07, 6.45) is 0.765. The number of rotatable bonds is 7. The molecule has 3 aromatic carbocycles. The number of carbonyl (C=O) groups is 1. The van der Waals surface area contributed by atoms with E-state index in [-0.39, 0.29) is 0 Å². The van der Waals surface area contributed by atoms with Crippen LogP contribution in [0.4, 0.5) is 0 Å². The molecule has 28 heavy (non-hydrogen) atoms. The minimum Gasteiger partial charge on any atom is -0.479 e. The molecule has 0 aromatic heterocycles. The van der Waals surface area contributed by atoms with Gasteiger partial charge in [-0.1, -0.05) is 66.9 Å². The number of ether oxygens (including phenoxy) is 1. The number of benzene rings is 3. The first-order valence-corrected chi connectivity index (χ1v) is 9.94. The number of halogens is 1. The van der Waals surface area contributed by atoms with Crippen LogP contribution in [0.25, 0.3) is 21.9 Å². The van der Waals surface area contributed by atoms with E-state index in [1.807, 2.05) is 31.2 Å². The standard InChI is InChI=1S/C24H25ClO3/c1-4-5-12-28-23(24(26)27)21-16(3)14-18-13-15(2)6-11-20(18)22(21)17-7-9-19(25)10-8-17/h6-11,13-14,23H,4-5,12H2,1-3H3,(H,26,27). The average Bonchev–Trinajstić information content (AvgIpc) is 2.65. The number of carboxylic acid groups (broad SMARTS) is 1. The molecule has 3 nitrogen and oxygen atoms in total. The van der Waals surface area contributed by atoms with E-state index in [0.29, 0.717) is 17.2 Å². The first-order valence-electron chi connectivity index (χ1n) is 9.56. The third kappa shape index (κ3) is 4.21. The second-order valence-electron chi connectivity index (χ2n) is 7.16. The third-order valence-corrected chi connectivity index (χ3v) is 5.20. The van der Waals surface area contributed by atoms with Gasteiger partial charge in [0.2, 0.25) is 0 Å². The predicted octanol–water partition coefficient (Wildman–Crippen LogP) is 6.72. The Morgan fingerprint density at radius 1 is 1.11 bits per heavy atom. The zero-order chi connectivity index (χ0) is 20.3. The maximum absolute atomic E-state index is 12.1. The Morgan fingerprint density at radius 2 is 1.82 bits per heavy atom. The Hall–Kier alpha value is -2.36. The van der Waals surface area contributed by atoms with Gasteiger partial charge in [0, 0.05) is 17.2 Å². The molecule has 146 valence electrons. The van der Waals surface area contributed by atoms with Crippen LogP contribution in [-0.4, -0.2) is 17.7 Å². The highest BCUT2D eigenvalue weighted by Gasteiger charge is 2.27. The molecule has 0 aliphatic carbocycles. The monoisotopic (exact) mass is 396 g/mol. The fraction of sp³-hybridized carbons (Fsp3) is 0.292. The van der Waals surface area contributed by atoms with Crippen LogP contribution in [0.2, 0.25) is 5.02 Å². The van der Waals surface area contributed by atoms with E-state index in [4.69, 9.17) is 16.3 Å². The fourth-order valence-electron chi connectivity index (χ4n) is 3.57. The van der Waals surface area contributed by atoms with Crippen molar-refractivity contribution in [3.05, 3.63) is 70.2 Å². The van der Waals surface area contributed by atoms with Gasteiger partial charge in [-0.2, -0.15) is 0 Å². The van der Waals surface area contributed by atoms with Gasteiger partial charge < -0.3 is 9.84 Å². The molecule has 0 bridgehead atoms. The van der Waals surface area contributed by atoms with Crippen molar-refractivity contribution in [2.45, 2.75) is 39.7 Å². The molecule has 1 atom stereocenters. The lowest BCUT2D eigenvalue weighted by molar-refractivity contribution is -0.151. The molecule has 0 spiro atoms. The van der Waals surface area contributed by atoms with E-state index in [2.05, 4.69) is 38.1 Å². The summed E-state index contributed by atoms with van der Waals surface area (Å²) in [5, 5.41) is 12.7. The molecule has 3 rings (SSSR count). The van der Waals surface area contributed by atoms with E-state index in [9.17, 15) is 9.90 Å². The van der Waals surface area contributed by atoms with E-state index in [0.717, 1.165) is 45.9 Å². The number of carboxylic acids is 1. The molecule has 0 amide bonds. The van der Waals surface area contributed by atoms with Crippen LogP contribution in [0.1, 0.15) is 42.6 Å². The summed E-state index contributed by atoms with van der Waals surface area (Å²) in [6, 6.07) is 15.8. The summed E-state index contributed by atoms with van der Waals surface area (Å²) in [6.45, 7) is 6.48. The Bertz CT molecular complexity index is 993. The second-order valence-corrected chi connectivity index (χ2v) is 7.59. The number of hydrogen-bond donors (Lipinski definition) is 1. The minimum atomic E-state index is -1.01. The largest absolute Gasteiger partial charge is 0.479 e. The lowest BCUT2D eigenvalue weighted by Gasteiger charge is -2.22. The molecule has 4 heteroatoms. The van der Waals surface area contributed by atoms with E-state index >= 15 is 0 Å². The van der Waals surface area contributed by atoms with Gasteiger partial charge in [-0.25, -0.2) is 4.79 Å².